The fourth-order valence-electron chi connectivity index (χ4n) is 3.52. The quantitative estimate of drug-likeness (QED) is 0.841. The smallest absolute Gasteiger partial charge is 0.307 e. The van der Waals surface area contributed by atoms with E-state index in [9.17, 15) is 19.5 Å². The van der Waals surface area contributed by atoms with Crippen LogP contribution in [0.25, 0.3) is 0 Å². The lowest BCUT2D eigenvalue weighted by Crippen LogP contribution is -2.49. The molecule has 0 spiro atoms. The number of likely N-dealkylation sites (N-methyl/N-ethyl adjacent to an activating group) is 1. The summed E-state index contributed by atoms with van der Waals surface area (Å²) in [5, 5.41) is 9.32. The van der Waals surface area contributed by atoms with Gasteiger partial charge < -0.3 is 14.9 Å². The van der Waals surface area contributed by atoms with Gasteiger partial charge in [-0.25, -0.2) is 0 Å². The van der Waals surface area contributed by atoms with Gasteiger partial charge in [0.15, 0.2) is 0 Å². The van der Waals surface area contributed by atoms with Crippen molar-refractivity contribution in [3.05, 3.63) is 0 Å². The second-order valence-corrected chi connectivity index (χ2v) is 6.26. The number of nitrogens with zero attached hydrogens (tertiary/aromatic N) is 2. The van der Waals surface area contributed by atoms with Crippen molar-refractivity contribution in [2.75, 3.05) is 20.6 Å². The zero-order chi connectivity index (χ0) is 15.6. The molecule has 1 aliphatic heterocycles. The lowest BCUT2D eigenvalue weighted by atomic mass is 9.78. The summed E-state index contributed by atoms with van der Waals surface area (Å²) < 4.78 is 0. The van der Waals surface area contributed by atoms with E-state index in [0.717, 1.165) is 19.3 Å². The highest BCUT2D eigenvalue weighted by atomic mass is 16.4. The van der Waals surface area contributed by atoms with Gasteiger partial charge >= 0.3 is 5.97 Å². The maximum Gasteiger partial charge on any atom is 0.307 e. The summed E-state index contributed by atoms with van der Waals surface area (Å²) >= 11 is 0. The van der Waals surface area contributed by atoms with E-state index in [1.165, 1.54) is 4.90 Å². The molecule has 6 nitrogen and oxygen atoms in total. The van der Waals surface area contributed by atoms with Crippen LogP contribution in [0.3, 0.4) is 0 Å². The van der Waals surface area contributed by atoms with E-state index < -0.39 is 23.8 Å². The predicted molar refractivity (Wildman–Crippen MR) is 76.5 cm³/mol. The second-order valence-electron chi connectivity index (χ2n) is 6.26. The lowest BCUT2D eigenvalue weighted by Gasteiger charge is -2.34. The average molecular weight is 296 g/mol. The van der Waals surface area contributed by atoms with Gasteiger partial charge in [0.1, 0.15) is 6.04 Å². The first-order valence-corrected chi connectivity index (χ1v) is 7.68. The molecule has 0 radical (unpaired) electrons. The monoisotopic (exact) mass is 296 g/mol. The third-order valence-corrected chi connectivity index (χ3v) is 4.66. The van der Waals surface area contributed by atoms with Crippen LogP contribution in [0.5, 0.6) is 0 Å². The maximum atomic E-state index is 12.7. The van der Waals surface area contributed by atoms with Gasteiger partial charge in [0.05, 0.1) is 11.8 Å². The fourth-order valence-corrected chi connectivity index (χ4v) is 3.52. The molecule has 1 saturated carbocycles. The lowest BCUT2D eigenvalue weighted by molar-refractivity contribution is -0.154. The number of aliphatic carboxylic acids is 1. The fraction of sp³-hybridized carbons (Fsp3) is 0.800. The van der Waals surface area contributed by atoms with Crippen molar-refractivity contribution in [2.45, 2.75) is 44.6 Å². The molecule has 2 aliphatic rings. The summed E-state index contributed by atoms with van der Waals surface area (Å²) in [4.78, 5) is 39.4. The van der Waals surface area contributed by atoms with Crippen LogP contribution in [-0.4, -0.2) is 59.4 Å². The third kappa shape index (κ3) is 3.19. The van der Waals surface area contributed by atoms with Crippen molar-refractivity contribution in [3.63, 3.8) is 0 Å². The van der Waals surface area contributed by atoms with E-state index in [1.807, 2.05) is 0 Å². The van der Waals surface area contributed by atoms with Gasteiger partial charge in [-0.05, 0) is 25.7 Å². The van der Waals surface area contributed by atoms with E-state index in [0.29, 0.717) is 25.8 Å². The van der Waals surface area contributed by atoms with Crippen LogP contribution in [0.2, 0.25) is 0 Å². The van der Waals surface area contributed by atoms with Gasteiger partial charge in [-0.2, -0.15) is 0 Å². The summed E-state index contributed by atoms with van der Waals surface area (Å²) in [5.41, 5.74) is 0. The van der Waals surface area contributed by atoms with Gasteiger partial charge in [-0.1, -0.05) is 12.8 Å². The third-order valence-electron chi connectivity index (χ3n) is 4.66. The molecule has 6 heteroatoms. The Bertz CT molecular complexity index is 435. The Kier molecular flexibility index (Phi) is 4.85. The molecule has 3 atom stereocenters. The molecule has 0 bridgehead atoms. The minimum absolute atomic E-state index is 0.0662. The van der Waals surface area contributed by atoms with E-state index in [2.05, 4.69) is 0 Å². The van der Waals surface area contributed by atoms with Crippen LogP contribution >= 0.6 is 0 Å². The molecule has 2 fully saturated rings. The Hall–Kier alpha value is -1.59. The van der Waals surface area contributed by atoms with Crippen molar-refractivity contribution in [3.8, 4) is 0 Å². The number of hydrogen-bond acceptors (Lipinski definition) is 3. The van der Waals surface area contributed by atoms with Crippen LogP contribution in [0.1, 0.15) is 38.5 Å². The average Bonchev–Trinajstić information content (AvgIpc) is 2.94. The molecule has 0 aromatic rings. The summed E-state index contributed by atoms with van der Waals surface area (Å²) in [5.74, 6) is -2.15. The molecule has 1 saturated heterocycles. The Morgan fingerprint density at radius 3 is 2.19 bits per heavy atom. The molecule has 1 heterocycles. The molecule has 0 aromatic heterocycles. The zero-order valence-electron chi connectivity index (χ0n) is 12.7. The van der Waals surface area contributed by atoms with Crippen molar-refractivity contribution in [1.82, 2.24) is 9.80 Å². The highest BCUT2D eigenvalue weighted by molar-refractivity contribution is 5.91. The molecule has 2 amide bonds. The number of carboxylic acids is 1. The van der Waals surface area contributed by atoms with E-state index in [-0.39, 0.29) is 11.8 Å². The van der Waals surface area contributed by atoms with Gasteiger partial charge in [-0.3, -0.25) is 14.4 Å². The molecule has 1 unspecified atom stereocenters. The summed E-state index contributed by atoms with van der Waals surface area (Å²) in [6.45, 7) is 0.561. The first-order chi connectivity index (χ1) is 9.93. The van der Waals surface area contributed by atoms with Crippen LogP contribution in [0, 0.1) is 11.8 Å². The second kappa shape index (κ2) is 6.45. The minimum atomic E-state index is -0.886. The van der Waals surface area contributed by atoms with Gasteiger partial charge in [-0.15, -0.1) is 0 Å². The molecule has 2 rings (SSSR count). The highest BCUT2D eigenvalue weighted by Gasteiger charge is 2.42. The Morgan fingerprint density at radius 2 is 1.62 bits per heavy atom. The number of likely N-dealkylation sites (tertiary alicyclic amines) is 1. The normalized spacial score (nSPS) is 29.2. The van der Waals surface area contributed by atoms with Gasteiger partial charge in [0.25, 0.3) is 0 Å². The molecular formula is C15H24N2O4. The van der Waals surface area contributed by atoms with Crippen LogP contribution in [0.15, 0.2) is 0 Å². The van der Waals surface area contributed by atoms with Crippen LogP contribution < -0.4 is 0 Å². The molecular weight excluding hydrogens is 272 g/mol. The Labute approximate surface area is 125 Å². The first-order valence-electron chi connectivity index (χ1n) is 7.68. The van der Waals surface area contributed by atoms with E-state index in [4.69, 9.17) is 0 Å². The number of amides is 2. The number of hydrogen-bond donors (Lipinski definition) is 1. The molecule has 21 heavy (non-hydrogen) atoms. The number of carboxylic acid groups (broad SMARTS) is 1. The zero-order valence-corrected chi connectivity index (χ0v) is 12.7. The van der Waals surface area contributed by atoms with E-state index >= 15 is 0 Å². The molecule has 1 aliphatic carbocycles. The largest absolute Gasteiger partial charge is 0.481 e. The number of carbonyl (C=O) groups is 3. The summed E-state index contributed by atoms with van der Waals surface area (Å²) in [7, 11) is 3.37. The topological polar surface area (TPSA) is 77.9 Å². The Balaban J connectivity index is 2.13. The standard InChI is InChI=1S/C15H24N2O4/c1-16(2)14(19)12-8-5-9-17(12)13(18)10-6-3-4-7-11(10)15(20)21/h10-12H,3-9H2,1-2H3,(H,20,21)/t10-,11+,12?/m1/s1. The number of carbonyl (C=O) groups excluding carboxylic acids is 2. The van der Waals surface area contributed by atoms with Crippen molar-refractivity contribution < 1.29 is 19.5 Å². The maximum absolute atomic E-state index is 12.7. The molecule has 1 N–H and O–H groups in total. The van der Waals surface area contributed by atoms with Crippen molar-refractivity contribution in [2.24, 2.45) is 11.8 Å². The van der Waals surface area contributed by atoms with Gasteiger partial charge in [0, 0.05) is 20.6 Å². The van der Waals surface area contributed by atoms with E-state index in [1.54, 1.807) is 19.0 Å². The van der Waals surface area contributed by atoms with Crippen molar-refractivity contribution >= 4 is 17.8 Å². The first kappa shape index (κ1) is 15.8. The molecule has 118 valence electrons. The summed E-state index contributed by atoms with van der Waals surface area (Å²) in [6.07, 6.45) is 4.41. The highest BCUT2D eigenvalue weighted by Crippen LogP contribution is 2.33. The number of rotatable bonds is 3. The van der Waals surface area contributed by atoms with Crippen LogP contribution in [-0.2, 0) is 14.4 Å². The minimum Gasteiger partial charge on any atom is -0.481 e. The predicted octanol–water partition coefficient (Wildman–Crippen LogP) is 0.957. The van der Waals surface area contributed by atoms with Gasteiger partial charge in [0.2, 0.25) is 11.8 Å². The summed E-state index contributed by atoms with van der Waals surface area (Å²) in [6, 6.07) is -0.413. The SMILES string of the molecule is CN(C)C(=O)C1CCCN1C(=O)[C@@H]1CCCC[C@@H]1C(=O)O. The Morgan fingerprint density at radius 1 is 1.00 bits per heavy atom. The molecule has 0 aromatic carbocycles. The van der Waals surface area contributed by atoms with Crippen LogP contribution in [0.4, 0.5) is 0 Å². The van der Waals surface area contributed by atoms with Crippen molar-refractivity contribution in [1.29, 1.82) is 0 Å².